The zero-order valence-electron chi connectivity index (χ0n) is 9.74. The second-order valence-electron chi connectivity index (χ2n) is 3.84. The predicted octanol–water partition coefficient (Wildman–Crippen LogP) is 2.26. The lowest BCUT2D eigenvalue weighted by molar-refractivity contribution is 0.0951. The van der Waals surface area contributed by atoms with Gasteiger partial charge in [-0.1, -0.05) is 21.1 Å². The molecular weight excluding hydrogens is 298 g/mol. The molecule has 1 aromatic carbocycles. The Kier molecular flexibility index (Phi) is 3.66. The molecule has 0 aliphatic heterocycles. The molecule has 1 amide bonds. The second-order valence-corrected chi connectivity index (χ2v) is 4.76. The summed E-state index contributed by atoms with van der Waals surface area (Å²) in [6.45, 7) is 2.11. The van der Waals surface area contributed by atoms with Gasteiger partial charge in [-0.25, -0.2) is 0 Å². The van der Waals surface area contributed by atoms with Gasteiger partial charge in [0.2, 0.25) is 0 Å². The van der Waals surface area contributed by atoms with E-state index in [1.54, 1.807) is 31.2 Å². The Morgan fingerprint density at radius 1 is 1.50 bits per heavy atom. The lowest BCUT2D eigenvalue weighted by Gasteiger charge is -2.06. The van der Waals surface area contributed by atoms with Crippen molar-refractivity contribution < 1.29 is 9.32 Å². The molecule has 0 saturated carbocycles. The molecule has 0 aliphatic rings. The maximum Gasteiger partial charge on any atom is 0.253 e. The Labute approximate surface area is 112 Å². The number of carbonyl (C=O) groups is 1. The maximum atomic E-state index is 11.9. The molecule has 0 unspecified atom stereocenters. The largest absolute Gasteiger partial charge is 0.398 e. The number of amides is 1. The number of benzene rings is 1. The van der Waals surface area contributed by atoms with Crippen molar-refractivity contribution in [3.63, 3.8) is 0 Å². The van der Waals surface area contributed by atoms with Crippen LogP contribution in [-0.2, 0) is 6.54 Å². The molecule has 0 spiro atoms. The van der Waals surface area contributed by atoms with Crippen molar-refractivity contribution in [2.75, 3.05) is 5.73 Å². The van der Waals surface area contributed by atoms with E-state index in [0.717, 1.165) is 4.47 Å². The van der Waals surface area contributed by atoms with E-state index in [9.17, 15) is 4.79 Å². The molecule has 94 valence electrons. The van der Waals surface area contributed by atoms with Gasteiger partial charge < -0.3 is 15.6 Å². The van der Waals surface area contributed by atoms with E-state index in [2.05, 4.69) is 26.4 Å². The van der Waals surface area contributed by atoms with E-state index >= 15 is 0 Å². The minimum absolute atomic E-state index is 0.236. The molecule has 3 N–H and O–H groups in total. The number of aromatic nitrogens is 1. The van der Waals surface area contributed by atoms with Gasteiger partial charge in [-0.15, -0.1) is 0 Å². The molecule has 0 aliphatic carbocycles. The van der Waals surface area contributed by atoms with E-state index in [0.29, 0.717) is 29.2 Å². The number of hydrogen-bond donors (Lipinski definition) is 2. The van der Waals surface area contributed by atoms with Crippen molar-refractivity contribution in [1.82, 2.24) is 10.5 Å². The summed E-state index contributed by atoms with van der Waals surface area (Å²) in [5.41, 5.74) is 7.32. The number of nitrogen functional groups attached to an aromatic ring is 1. The molecule has 1 aromatic heterocycles. The van der Waals surface area contributed by atoms with Gasteiger partial charge in [-0.05, 0) is 25.1 Å². The fourth-order valence-electron chi connectivity index (χ4n) is 1.51. The molecule has 0 atom stereocenters. The van der Waals surface area contributed by atoms with Crippen molar-refractivity contribution in [3.05, 3.63) is 45.8 Å². The van der Waals surface area contributed by atoms with Crippen LogP contribution in [0, 0.1) is 6.92 Å². The van der Waals surface area contributed by atoms with Crippen molar-refractivity contribution >= 4 is 27.5 Å². The van der Waals surface area contributed by atoms with E-state index in [4.69, 9.17) is 10.3 Å². The first-order valence-corrected chi connectivity index (χ1v) is 6.11. The van der Waals surface area contributed by atoms with Crippen LogP contribution in [0.2, 0.25) is 0 Å². The first kappa shape index (κ1) is 12.6. The number of rotatable bonds is 3. The van der Waals surface area contributed by atoms with Crippen LogP contribution in [0.1, 0.15) is 21.8 Å². The number of nitrogens with one attached hydrogen (secondary N) is 1. The van der Waals surface area contributed by atoms with Gasteiger partial charge in [0.25, 0.3) is 5.91 Å². The third-order valence-electron chi connectivity index (χ3n) is 2.37. The van der Waals surface area contributed by atoms with Gasteiger partial charge in [0, 0.05) is 16.2 Å². The number of aryl methyl sites for hydroxylation is 1. The molecule has 0 fully saturated rings. The van der Waals surface area contributed by atoms with Crippen LogP contribution in [0.15, 0.2) is 33.3 Å². The number of nitrogens with zero attached hydrogens (tertiary/aromatic N) is 1. The molecule has 18 heavy (non-hydrogen) atoms. The Bertz CT molecular complexity index is 580. The topological polar surface area (TPSA) is 81.2 Å². The number of hydrogen-bond acceptors (Lipinski definition) is 4. The molecule has 1 heterocycles. The average molecular weight is 310 g/mol. The van der Waals surface area contributed by atoms with E-state index in [1.165, 1.54) is 0 Å². The third-order valence-corrected chi connectivity index (χ3v) is 2.86. The summed E-state index contributed by atoms with van der Waals surface area (Å²) in [5.74, 6) is 0.475. The predicted molar refractivity (Wildman–Crippen MR) is 71.0 cm³/mol. The molecular formula is C12H12BrN3O2. The van der Waals surface area contributed by atoms with Gasteiger partial charge in [0.15, 0.2) is 0 Å². The standard InChI is InChI=1S/C12H12BrN3O2/c1-7-4-9(16-18-7)6-15-12(17)10-3-2-8(13)5-11(10)14/h2-5H,6,14H2,1H3,(H,15,17). The number of carbonyl (C=O) groups excluding carboxylic acids is 1. The van der Waals surface area contributed by atoms with E-state index in [1.807, 2.05) is 0 Å². The molecule has 0 radical (unpaired) electrons. The number of anilines is 1. The van der Waals surface area contributed by atoms with Gasteiger partial charge in [-0.2, -0.15) is 0 Å². The first-order valence-electron chi connectivity index (χ1n) is 5.31. The Morgan fingerprint density at radius 3 is 2.89 bits per heavy atom. The van der Waals surface area contributed by atoms with Crippen molar-refractivity contribution in [1.29, 1.82) is 0 Å². The zero-order valence-corrected chi connectivity index (χ0v) is 11.3. The highest BCUT2D eigenvalue weighted by Crippen LogP contribution is 2.18. The summed E-state index contributed by atoms with van der Waals surface area (Å²) in [6, 6.07) is 6.90. The van der Waals surface area contributed by atoms with E-state index in [-0.39, 0.29) is 5.91 Å². The highest BCUT2D eigenvalue weighted by atomic mass is 79.9. The molecule has 2 aromatic rings. The van der Waals surface area contributed by atoms with Crippen molar-refractivity contribution in [2.45, 2.75) is 13.5 Å². The van der Waals surface area contributed by atoms with Crippen LogP contribution in [0.3, 0.4) is 0 Å². The normalized spacial score (nSPS) is 10.3. The van der Waals surface area contributed by atoms with Gasteiger partial charge in [-0.3, -0.25) is 4.79 Å². The summed E-state index contributed by atoms with van der Waals surface area (Å²) in [6.07, 6.45) is 0. The van der Waals surface area contributed by atoms with Crippen LogP contribution in [0.4, 0.5) is 5.69 Å². The van der Waals surface area contributed by atoms with Crippen molar-refractivity contribution in [2.24, 2.45) is 0 Å². The summed E-state index contributed by atoms with van der Waals surface area (Å²) in [7, 11) is 0. The fourth-order valence-corrected chi connectivity index (χ4v) is 1.89. The molecule has 0 bridgehead atoms. The highest BCUT2D eigenvalue weighted by molar-refractivity contribution is 9.10. The van der Waals surface area contributed by atoms with Crippen LogP contribution >= 0.6 is 15.9 Å². The monoisotopic (exact) mass is 309 g/mol. The highest BCUT2D eigenvalue weighted by Gasteiger charge is 2.10. The second kappa shape index (κ2) is 5.22. The smallest absolute Gasteiger partial charge is 0.253 e. The lowest BCUT2D eigenvalue weighted by atomic mass is 10.1. The minimum Gasteiger partial charge on any atom is -0.398 e. The minimum atomic E-state index is -0.236. The number of nitrogens with two attached hydrogens (primary N) is 1. The van der Waals surface area contributed by atoms with Crippen LogP contribution in [0.25, 0.3) is 0 Å². The summed E-state index contributed by atoms with van der Waals surface area (Å²) in [5, 5.41) is 6.52. The summed E-state index contributed by atoms with van der Waals surface area (Å²) >= 11 is 3.29. The first-order chi connectivity index (χ1) is 8.56. The van der Waals surface area contributed by atoms with E-state index < -0.39 is 0 Å². The zero-order chi connectivity index (χ0) is 13.1. The Balaban J connectivity index is 2.03. The molecule has 2 rings (SSSR count). The van der Waals surface area contributed by atoms with Crippen LogP contribution < -0.4 is 11.1 Å². The fraction of sp³-hybridized carbons (Fsp3) is 0.167. The van der Waals surface area contributed by atoms with Gasteiger partial charge in [0.1, 0.15) is 11.5 Å². The molecule has 5 nitrogen and oxygen atoms in total. The summed E-state index contributed by atoms with van der Waals surface area (Å²) < 4.78 is 5.75. The van der Waals surface area contributed by atoms with Gasteiger partial charge >= 0.3 is 0 Å². The lowest BCUT2D eigenvalue weighted by Crippen LogP contribution is -2.23. The van der Waals surface area contributed by atoms with Gasteiger partial charge in [0.05, 0.1) is 12.1 Å². The average Bonchev–Trinajstić information content (AvgIpc) is 2.72. The van der Waals surface area contributed by atoms with Crippen LogP contribution in [0.5, 0.6) is 0 Å². The summed E-state index contributed by atoms with van der Waals surface area (Å²) in [4.78, 5) is 11.9. The molecule has 0 saturated heterocycles. The maximum absolute atomic E-state index is 11.9. The van der Waals surface area contributed by atoms with Crippen molar-refractivity contribution in [3.8, 4) is 0 Å². The molecule has 6 heteroatoms. The third kappa shape index (κ3) is 2.89. The van der Waals surface area contributed by atoms with Crippen LogP contribution in [-0.4, -0.2) is 11.1 Å². The Hall–Kier alpha value is -1.82. The Morgan fingerprint density at radius 2 is 2.28 bits per heavy atom. The number of halogens is 1. The SMILES string of the molecule is Cc1cc(CNC(=O)c2ccc(Br)cc2N)no1. The quantitative estimate of drug-likeness (QED) is 0.852.